The summed E-state index contributed by atoms with van der Waals surface area (Å²) in [4.78, 5) is 0. The molecule has 2 rings (SSSR count). The van der Waals surface area contributed by atoms with Crippen LogP contribution in [0, 0.1) is 11.8 Å². The van der Waals surface area contributed by atoms with Gasteiger partial charge in [0.2, 0.25) is 0 Å². The van der Waals surface area contributed by atoms with Crippen molar-refractivity contribution >= 4 is 0 Å². The van der Waals surface area contributed by atoms with Crippen LogP contribution < -0.4 is 0 Å². The van der Waals surface area contributed by atoms with Crippen molar-refractivity contribution in [2.75, 3.05) is 0 Å². The highest BCUT2D eigenvalue weighted by atomic mass is 16.3. The smallest absolute Gasteiger partial charge is 0.0902 e. The SMILES string of the molecule is CCc1ccc(C2(O)CC(C(C)C)C2)cc1. The Bertz CT molecular complexity index is 344. The lowest BCUT2D eigenvalue weighted by Gasteiger charge is -2.46. The molecule has 0 bridgehead atoms. The van der Waals surface area contributed by atoms with Crippen LogP contribution in [0.1, 0.15) is 44.7 Å². The normalized spacial score (nSPS) is 29.2. The Hall–Kier alpha value is -0.820. The molecule has 0 unspecified atom stereocenters. The van der Waals surface area contributed by atoms with E-state index in [-0.39, 0.29) is 0 Å². The molecule has 0 saturated heterocycles. The number of hydrogen-bond donors (Lipinski definition) is 1. The second kappa shape index (κ2) is 4.21. The van der Waals surface area contributed by atoms with Gasteiger partial charge in [0.15, 0.2) is 0 Å². The first-order valence-corrected chi connectivity index (χ1v) is 6.37. The van der Waals surface area contributed by atoms with Crippen molar-refractivity contribution in [2.45, 2.75) is 45.6 Å². The fourth-order valence-corrected chi connectivity index (χ4v) is 2.57. The van der Waals surface area contributed by atoms with E-state index in [4.69, 9.17) is 0 Å². The average molecular weight is 218 g/mol. The van der Waals surface area contributed by atoms with Crippen LogP contribution in [0.15, 0.2) is 24.3 Å². The molecule has 0 radical (unpaired) electrons. The topological polar surface area (TPSA) is 20.2 Å². The van der Waals surface area contributed by atoms with E-state index in [1.165, 1.54) is 5.56 Å². The highest BCUT2D eigenvalue weighted by molar-refractivity contribution is 5.29. The summed E-state index contributed by atoms with van der Waals surface area (Å²) in [6, 6.07) is 8.46. The molecule has 0 heterocycles. The Morgan fingerprint density at radius 2 is 1.81 bits per heavy atom. The Balaban J connectivity index is 2.08. The molecule has 1 aromatic carbocycles. The maximum Gasteiger partial charge on any atom is 0.0902 e. The van der Waals surface area contributed by atoms with Gasteiger partial charge in [0.25, 0.3) is 0 Å². The molecule has 0 atom stereocenters. The lowest BCUT2D eigenvalue weighted by molar-refractivity contribution is -0.0933. The molecule has 1 heteroatoms. The molecule has 1 fully saturated rings. The number of hydrogen-bond acceptors (Lipinski definition) is 1. The minimum absolute atomic E-state index is 0.540. The van der Waals surface area contributed by atoms with Gasteiger partial charge in [0, 0.05) is 0 Å². The number of rotatable bonds is 3. The summed E-state index contributed by atoms with van der Waals surface area (Å²) in [5, 5.41) is 10.5. The third kappa shape index (κ3) is 2.01. The monoisotopic (exact) mass is 218 g/mol. The number of aryl methyl sites for hydroxylation is 1. The lowest BCUT2D eigenvalue weighted by Crippen LogP contribution is -2.43. The second-order valence-corrected chi connectivity index (χ2v) is 5.49. The minimum Gasteiger partial charge on any atom is -0.385 e. The molecule has 1 N–H and O–H groups in total. The first kappa shape index (κ1) is 11.7. The zero-order chi connectivity index (χ0) is 11.8. The van der Waals surface area contributed by atoms with Crippen LogP contribution in [0.4, 0.5) is 0 Å². The van der Waals surface area contributed by atoms with Gasteiger partial charge in [-0.25, -0.2) is 0 Å². The van der Waals surface area contributed by atoms with Crippen LogP contribution in [-0.2, 0) is 12.0 Å². The van der Waals surface area contributed by atoms with Crippen LogP contribution in [0.25, 0.3) is 0 Å². The molecular weight excluding hydrogens is 196 g/mol. The molecule has 88 valence electrons. The van der Waals surface area contributed by atoms with Crippen LogP contribution in [-0.4, -0.2) is 5.11 Å². The average Bonchev–Trinajstić information content (AvgIpc) is 2.24. The first-order valence-electron chi connectivity index (χ1n) is 6.37. The maximum atomic E-state index is 10.5. The van der Waals surface area contributed by atoms with E-state index in [0.29, 0.717) is 11.8 Å². The summed E-state index contributed by atoms with van der Waals surface area (Å²) in [5.74, 6) is 1.38. The summed E-state index contributed by atoms with van der Waals surface area (Å²) < 4.78 is 0. The fourth-order valence-electron chi connectivity index (χ4n) is 2.57. The highest BCUT2D eigenvalue weighted by Gasteiger charge is 2.44. The van der Waals surface area contributed by atoms with Crippen molar-refractivity contribution in [3.63, 3.8) is 0 Å². The largest absolute Gasteiger partial charge is 0.385 e. The Labute approximate surface area is 98.5 Å². The Kier molecular flexibility index (Phi) is 3.07. The van der Waals surface area contributed by atoms with Crippen molar-refractivity contribution in [3.8, 4) is 0 Å². The van der Waals surface area contributed by atoms with E-state index in [0.717, 1.165) is 24.8 Å². The fraction of sp³-hybridized carbons (Fsp3) is 0.600. The van der Waals surface area contributed by atoms with E-state index in [1.807, 2.05) is 0 Å². The summed E-state index contributed by atoms with van der Waals surface area (Å²) in [7, 11) is 0. The molecule has 0 aromatic heterocycles. The quantitative estimate of drug-likeness (QED) is 0.823. The predicted molar refractivity (Wildman–Crippen MR) is 67.3 cm³/mol. The van der Waals surface area contributed by atoms with E-state index < -0.39 is 5.60 Å². The molecule has 0 spiro atoms. The van der Waals surface area contributed by atoms with Gasteiger partial charge in [-0.15, -0.1) is 0 Å². The Morgan fingerprint density at radius 1 is 1.25 bits per heavy atom. The van der Waals surface area contributed by atoms with Gasteiger partial charge >= 0.3 is 0 Å². The minimum atomic E-state index is -0.540. The number of benzene rings is 1. The van der Waals surface area contributed by atoms with Crippen LogP contribution >= 0.6 is 0 Å². The molecule has 1 nitrogen and oxygen atoms in total. The summed E-state index contributed by atoms with van der Waals surface area (Å²) in [6.45, 7) is 6.64. The van der Waals surface area contributed by atoms with Crippen molar-refractivity contribution in [2.24, 2.45) is 11.8 Å². The van der Waals surface area contributed by atoms with Crippen LogP contribution in [0.3, 0.4) is 0 Å². The predicted octanol–water partition coefficient (Wildman–Crippen LogP) is 3.50. The highest BCUT2D eigenvalue weighted by Crippen LogP contribution is 2.48. The van der Waals surface area contributed by atoms with Crippen molar-refractivity contribution < 1.29 is 5.11 Å². The van der Waals surface area contributed by atoms with Gasteiger partial charge in [-0.2, -0.15) is 0 Å². The van der Waals surface area contributed by atoms with Crippen LogP contribution in [0.2, 0.25) is 0 Å². The molecule has 1 aromatic rings. The zero-order valence-electron chi connectivity index (χ0n) is 10.5. The van der Waals surface area contributed by atoms with E-state index >= 15 is 0 Å². The summed E-state index contributed by atoms with van der Waals surface area (Å²) in [6.07, 6.45) is 2.92. The van der Waals surface area contributed by atoms with Gasteiger partial charge in [0.05, 0.1) is 5.60 Å². The third-order valence-electron chi connectivity index (χ3n) is 4.04. The summed E-state index contributed by atoms with van der Waals surface area (Å²) in [5.41, 5.74) is 1.90. The van der Waals surface area contributed by atoms with E-state index in [9.17, 15) is 5.11 Å². The molecule has 1 aliphatic rings. The van der Waals surface area contributed by atoms with Gasteiger partial charge in [-0.1, -0.05) is 45.0 Å². The van der Waals surface area contributed by atoms with Gasteiger partial charge < -0.3 is 5.11 Å². The zero-order valence-corrected chi connectivity index (χ0v) is 10.5. The second-order valence-electron chi connectivity index (χ2n) is 5.49. The van der Waals surface area contributed by atoms with Crippen LogP contribution in [0.5, 0.6) is 0 Å². The molecule has 0 amide bonds. The standard InChI is InChI=1S/C15H22O/c1-4-12-5-7-14(8-6-12)15(16)9-13(10-15)11(2)3/h5-8,11,13,16H,4,9-10H2,1-3H3. The molecule has 1 aliphatic carbocycles. The number of aliphatic hydroxyl groups is 1. The molecule has 16 heavy (non-hydrogen) atoms. The van der Waals surface area contributed by atoms with E-state index in [2.05, 4.69) is 45.0 Å². The lowest BCUT2D eigenvalue weighted by atomic mass is 9.63. The molecule has 1 saturated carbocycles. The third-order valence-corrected chi connectivity index (χ3v) is 4.04. The maximum absolute atomic E-state index is 10.5. The van der Waals surface area contributed by atoms with Crippen molar-refractivity contribution in [1.82, 2.24) is 0 Å². The van der Waals surface area contributed by atoms with Gasteiger partial charge in [-0.05, 0) is 42.2 Å². The van der Waals surface area contributed by atoms with Gasteiger partial charge in [-0.3, -0.25) is 0 Å². The van der Waals surface area contributed by atoms with Crippen molar-refractivity contribution in [3.05, 3.63) is 35.4 Å². The molecule has 0 aliphatic heterocycles. The Morgan fingerprint density at radius 3 is 2.25 bits per heavy atom. The molecular formula is C15H22O. The van der Waals surface area contributed by atoms with Gasteiger partial charge in [0.1, 0.15) is 0 Å². The van der Waals surface area contributed by atoms with Crippen molar-refractivity contribution in [1.29, 1.82) is 0 Å². The summed E-state index contributed by atoms with van der Waals surface area (Å²) >= 11 is 0. The first-order chi connectivity index (χ1) is 7.55. The van der Waals surface area contributed by atoms with E-state index in [1.54, 1.807) is 0 Å².